The maximum absolute atomic E-state index is 4.95. The lowest BCUT2D eigenvalue weighted by atomic mass is 10.3. The Labute approximate surface area is 72.5 Å². The maximum atomic E-state index is 4.95. The minimum absolute atomic E-state index is 0. The van der Waals surface area contributed by atoms with Crippen LogP contribution in [0.2, 0.25) is 0 Å². The second-order valence-corrected chi connectivity index (χ2v) is 2.57. The molecule has 1 aromatic rings. The molecule has 0 aromatic heterocycles. The van der Waals surface area contributed by atoms with Gasteiger partial charge in [0.15, 0.2) is 0 Å². The van der Waals surface area contributed by atoms with Crippen LogP contribution in [0, 0.1) is 0 Å². The van der Waals surface area contributed by atoms with Crippen LogP contribution in [-0.2, 0) is 0 Å². The molecule has 0 N–H and O–H groups in total. The van der Waals surface area contributed by atoms with E-state index in [1.165, 1.54) is 0 Å². The standard InChI is InChI=1S/C7H7BrO.H3P/c1-9-7-4-2-6(8)3-5-7;/h2-5H,1H3;1H3. The fraction of sp³-hybridized carbons (Fsp3) is 0.143. The highest BCUT2D eigenvalue weighted by atomic mass is 79.9. The minimum Gasteiger partial charge on any atom is -0.497 e. The van der Waals surface area contributed by atoms with Crippen molar-refractivity contribution in [3.05, 3.63) is 28.7 Å². The van der Waals surface area contributed by atoms with Gasteiger partial charge in [0, 0.05) is 4.47 Å². The van der Waals surface area contributed by atoms with Crippen LogP contribution in [0.4, 0.5) is 0 Å². The Balaban J connectivity index is 0.000000810. The van der Waals surface area contributed by atoms with Gasteiger partial charge in [0.05, 0.1) is 7.11 Å². The summed E-state index contributed by atoms with van der Waals surface area (Å²) in [5, 5.41) is 0. The summed E-state index contributed by atoms with van der Waals surface area (Å²) in [6.45, 7) is 0. The zero-order valence-corrected chi connectivity index (χ0v) is 8.80. The lowest BCUT2D eigenvalue weighted by Crippen LogP contribution is -1.79. The first kappa shape index (κ1) is 9.93. The molecule has 0 radical (unpaired) electrons. The Bertz CT molecular complexity index is 185. The summed E-state index contributed by atoms with van der Waals surface area (Å²) in [4.78, 5) is 0. The molecule has 0 aliphatic rings. The summed E-state index contributed by atoms with van der Waals surface area (Å²) >= 11 is 3.32. The Kier molecular flexibility index (Phi) is 4.67. The van der Waals surface area contributed by atoms with Gasteiger partial charge in [0.2, 0.25) is 0 Å². The third-order valence-electron chi connectivity index (χ3n) is 1.05. The molecule has 0 fully saturated rings. The number of methoxy groups -OCH3 is 1. The zero-order valence-electron chi connectivity index (χ0n) is 5.80. The topological polar surface area (TPSA) is 9.23 Å². The van der Waals surface area contributed by atoms with Crippen LogP contribution in [-0.4, -0.2) is 7.11 Å². The minimum atomic E-state index is 0. The van der Waals surface area contributed by atoms with E-state index in [0.29, 0.717) is 0 Å². The predicted octanol–water partition coefficient (Wildman–Crippen LogP) is 2.52. The van der Waals surface area contributed by atoms with Gasteiger partial charge in [0.25, 0.3) is 0 Å². The fourth-order valence-corrected chi connectivity index (χ4v) is 0.835. The predicted molar refractivity (Wildman–Crippen MR) is 51.8 cm³/mol. The van der Waals surface area contributed by atoms with Crippen molar-refractivity contribution in [1.82, 2.24) is 0 Å². The molecule has 1 atom stereocenters. The first-order valence-electron chi connectivity index (χ1n) is 2.62. The molecule has 0 spiro atoms. The quantitative estimate of drug-likeness (QED) is 0.662. The molecule has 0 bridgehead atoms. The average molecular weight is 221 g/mol. The lowest BCUT2D eigenvalue weighted by Gasteiger charge is -1.96. The molecule has 1 rings (SSSR count). The monoisotopic (exact) mass is 220 g/mol. The largest absolute Gasteiger partial charge is 0.497 e. The van der Waals surface area contributed by atoms with Crippen molar-refractivity contribution in [3.63, 3.8) is 0 Å². The summed E-state index contributed by atoms with van der Waals surface area (Å²) in [7, 11) is 1.66. The Morgan fingerprint density at radius 3 is 2.10 bits per heavy atom. The van der Waals surface area contributed by atoms with Gasteiger partial charge in [0.1, 0.15) is 5.75 Å². The molecule has 0 saturated carbocycles. The van der Waals surface area contributed by atoms with Crippen molar-refractivity contribution in [1.29, 1.82) is 0 Å². The van der Waals surface area contributed by atoms with E-state index < -0.39 is 0 Å². The van der Waals surface area contributed by atoms with Gasteiger partial charge in [-0.3, -0.25) is 0 Å². The van der Waals surface area contributed by atoms with Crippen molar-refractivity contribution in [3.8, 4) is 5.75 Å². The van der Waals surface area contributed by atoms with E-state index in [9.17, 15) is 0 Å². The van der Waals surface area contributed by atoms with Gasteiger partial charge in [-0.2, -0.15) is 9.90 Å². The molecule has 10 heavy (non-hydrogen) atoms. The van der Waals surface area contributed by atoms with Crippen LogP contribution in [0.5, 0.6) is 5.75 Å². The number of hydrogen-bond acceptors (Lipinski definition) is 1. The van der Waals surface area contributed by atoms with E-state index in [0.717, 1.165) is 10.2 Å². The van der Waals surface area contributed by atoms with Gasteiger partial charge in [-0.25, -0.2) is 0 Å². The average Bonchev–Trinajstić information content (AvgIpc) is 1.90. The fourth-order valence-electron chi connectivity index (χ4n) is 0.571. The zero-order chi connectivity index (χ0) is 6.69. The molecule has 1 aromatic carbocycles. The van der Waals surface area contributed by atoms with E-state index in [4.69, 9.17) is 4.74 Å². The normalized spacial score (nSPS) is 8.20. The second kappa shape index (κ2) is 4.70. The van der Waals surface area contributed by atoms with Gasteiger partial charge in [-0.1, -0.05) is 15.9 Å². The van der Waals surface area contributed by atoms with E-state index in [1.54, 1.807) is 7.11 Å². The highest BCUT2D eigenvalue weighted by molar-refractivity contribution is 9.10. The number of ether oxygens (including phenoxy) is 1. The van der Waals surface area contributed by atoms with Crippen LogP contribution in [0.1, 0.15) is 0 Å². The highest BCUT2D eigenvalue weighted by Gasteiger charge is 1.86. The van der Waals surface area contributed by atoms with Crippen LogP contribution >= 0.6 is 25.8 Å². The third-order valence-corrected chi connectivity index (χ3v) is 1.58. The number of benzene rings is 1. The molecule has 0 amide bonds. The second-order valence-electron chi connectivity index (χ2n) is 1.66. The van der Waals surface area contributed by atoms with Crippen molar-refractivity contribution in [2.24, 2.45) is 0 Å². The Morgan fingerprint density at radius 1 is 1.20 bits per heavy atom. The van der Waals surface area contributed by atoms with E-state index in [2.05, 4.69) is 15.9 Å². The van der Waals surface area contributed by atoms with Crippen molar-refractivity contribution in [2.45, 2.75) is 0 Å². The summed E-state index contributed by atoms with van der Waals surface area (Å²) in [6, 6.07) is 7.70. The number of halogens is 1. The van der Waals surface area contributed by atoms with E-state index >= 15 is 0 Å². The lowest BCUT2D eigenvalue weighted by molar-refractivity contribution is 0.414. The van der Waals surface area contributed by atoms with Crippen LogP contribution < -0.4 is 4.74 Å². The summed E-state index contributed by atoms with van der Waals surface area (Å²) < 4.78 is 6.02. The third kappa shape index (κ3) is 2.68. The van der Waals surface area contributed by atoms with Gasteiger partial charge in [-0.15, -0.1) is 0 Å². The first-order valence-corrected chi connectivity index (χ1v) is 3.42. The molecule has 0 heterocycles. The summed E-state index contributed by atoms with van der Waals surface area (Å²) in [6.07, 6.45) is 0. The Morgan fingerprint density at radius 2 is 1.70 bits per heavy atom. The molecule has 1 nitrogen and oxygen atoms in total. The summed E-state index contributed by atoms with van der Waals surface area (Å²) in [5.41, 5.74) is 0. The molecule has 0 saturated heterocycles. The Hall–Kier alpha value is -0.0700. The molecule has 56 valence electrons. The van der Waals surface area contributed by atoms with Gasteiger partial charge >= 0.3 is 0 Å². The summed E-state index contributed by atoms with van der Waals surface area (Å²) in [5.74, 6) is 0.887. The van der Waals surface area contributed by atoms with E-state index in [1.807, 2.05) is 24.3 Å². The molecule has 3 heteroatoms. The number of hydrogen-bond donors (Lipinski definition) is 0. The van der Waals surface area contributed by atoms with Crippen LogP contribution in [0.15, 0.2) is 28.7 Å². The molecular weight excluding hydrogens is 211 g/mol. The highest BCUT2D eigenvalue weighted by Crippen LogP contribution is 2.14. The van der Waals surface area contributed by atoms with Crippen LogP contribution in [0.25, 0.3) is 0 Å². The maximum Gasteiger partial charge on any atom is 0.118 e. The van der Waals surface area contributed by atoms with Crippen molar-refractivity contribution in [2.75, 3.05) is 7.11 Å². The van der Waals surface area contributed by atoms with Gasteiger partial charge in [-0.05, 0) is 24.3 Å². The molecule has 1 unspecified atom stereocenters. The molecule has 0 aliphatic carbocycles. The van der Waals surface area contributed by atoms with Crippen molar-refractivity contribution >= 4 is 25.8 Å². The smallest absolute Gasteiger partial charge is 0.118 e. The van der Waals surface area contributed by atoms with Gasteiger partial charge < -0.3 is 4.74 Å². The molecular formula is C7H10BrOP. The van der Waals surface area contributed by atoms with Crippen molar-refractivity contribution < 1.29 is 4.74 Å². The SMILES string of the molecule is COc1ccc(Br)cc1.P. The van der Waals surface area contributed by atoms with E-state index in [-0.39, 0.29) is 9.90 Å². The first-order chi connectivity index (χ1) is 4.33. The van der Waals surface area contributed by atoms with Crippen LogP contribution in [0.3, 0.4) is 0 Å². The number of rotatable bonds is 1. The molecule has 0 aliphatic heterocycles.